The van der Waals surface area contributed by atoms with Crippen LogP contribution in [0, 0.1) is 0 Å². The molecule has 2 aromatic heterocycles. The van der Waals surface area contributed by atoms with Gasteiger partial charge in [-0.25, -0.2) is 14.3 Å². The van der Waals surface area contributed by atoms with Gasteiger partial charge in [-0.3, -0.25) is 4.79 Å². The first-order valence-corrected chi connectivity index (χ1v) is 10.5. The van der Waals surface area contributed by atoms with Gasteiger partial charge in [0.05, 0.1) is 11.3 Å². The summed E-state index contributed by atoms with van der Waals surface area (Å²) in [4.78, 5) is 35.4. The molecule has 0 atom stereocenters. The van der Waals surface area contributed by atoms with Gasteiger partial charge in [0, 0.05) is 30.7 Å². The molecule has 9 heteroatoms. The van der Waals surface area contributed by atoms with Crippen molar-refractivity contribution >= 4 is 29.0 Å². The quantitative estimate of drug-likeness (QED) is 0.609. The van der Waals surface area contributed by atoms with Crippen LogP contribution in [0.15, 0.2) is 36.8 Å². The van der Waals surface area contributed by atoms with E-state index in [4.69, 9.17) is 4.74 Å². The summed E-state index contributed by atoms with van der Waals surface area (Å²) in [5, 5.41) is 6.89. The third-order valence-corrected chi connectivity index (χ3v) is 5.32. The van der Waals surface area contributed by atoms with Gasteiger partial charge in [0.1, 0.15) is 6.33 Å². The van der Waals surface area contributed by atoms with Crippen molar-refractivity contribution in [1.82, 2.24) is 19.6 Å². The molecule has 31 heavy (non-hydrogen) atoms. The minimum atomic E-state index is -0.621. The van der Waals surface area contributed by atoms with Crippen LogP contribution in [0.4, 0.5) is 11.4 Å². The van der Waals surface area contributed by atoms with Crippen molar-refractivity contribution in [2.75, 3.05) is 29.9 Å². The lowest BCUT2D eigenvalue weighted by Crippen LogP contribution is -2.29. The summed E-state index contributed by atoms with van der Waals surface area (Å²) >= 11 is 0. The van der Waals surface area contributed by atoms with Crippen molar-refractivity contribution in [2.45, 2.75) is 39.0 Å². The zero-order valence-corrected chi connectivity index (χ0v) is 17.7. The van der Waals surface area contributed by atoms with E-state index in [1.165, 1.54) is 36.3 Å². The topological polar surface area (TPSA) is 102 Å². The van der Waals surface area contributed by atoms with Gasteiger partial charge >= 0.3 is 5.97 Å². The number of anilines is 2. The number of benzene rings is 1. The van der Waals surface area contributed by atoms with Crippen LogP contribution >= 0.6 is 0 Å². The van der Waals surface area contributed by atoms with Gasteiger partial charge in [0.2, 0.25) is 0 Å². The van der Waals surface area contributed by atoms with Crippen molar-refractivity contribution in [2.24, 2.45) is 0 Å². The summed E-state index contributed by atoms with van der Waals surface area (Å²) in [6, 6.07) is 7.73. The maximum atomic E-state index is 12.6. The first-order chi connectivity index (χ1) is 15.0. The van der Waals surface area contributed by atoms with Gasteiger partial charge in [-0.15, -0.1) is 0 Å². The van der Waals surface area contributed by atoms with E-state index in [2.05, 4.69) is 25.3 Å². The summed E-state index contributed by atoms with van der Waals surface area (Å²) in [5.41, 5.74) is 2.73. The van der Waals surface area contributed by atoms with Crippen LogP contribution in [0.1, 0.15) is 55.1 Å². The highest BCUT2D eigenvalue weighted by Gasteiger charge is 2.21. The van der Waals surface area contributed by atoms with Crippen molar-refractivity contribution in [1.29, 1.82) is 0 Å². The van der Waals surface area contributed by atoms with E-state index in [-0.39, 0.29) is 18.1 Å². The highest BCUT2D eigenvalue weighted by Crippen LogP contribution is 2.22. The lowest BCUT2D eigenvalue weighted by Gasteiger charge is -2.28. The highest BCUT2D eigenvalue weighted by atomic mass is 16.5. The molecule has 0 bridgehead atoms. The maximum Gasteiger partial charge on any atom is 0.342 e. The zero-order chi connectivity index (χ0) is 21.8. The second kappa shape index (κ2) is 9.11. The van der Waals surface area contributed by atoms with Crippen LogP contribution < -0.4 is 10.2 Å². The van der Waals surface area contributed by atoms with Gasteiger partial charge in [-0.2, -0.15) is 10.1 Å². The number of carbonyl (C=O) groups is 2. The van der Waals surface area contributed by atoms with Crippen LogP contribution in [0.2, 0.25) is 0 Å². The van der Waals surface area contributed by atoms with Crippen molar-refractivity contribution in [3.05, 3.63) is 48.0 Å². The molecule has 1 N–H and O–H groups in total. The Morgan fingerprint density at radius 1 is 1.10 bits per heavy atom. The van der Waals surface area contributed by atoms with Gasteiger partial charge in [0.25, 0.3) is 11.7 Å². The van der Waals surface area contributed by atoms with Crippen LogP contribution in [-0.4, -0.2) is 51.2 Å². The fourth-order valence-corrected chi connectivity index (χ4v) is 3.82. The van der Waals surface area contributed by atoms with Crippen LogP contribution in [0.25, 0.3) is 5.78 Å². The minimum Gasteiger partial charge on any atom is -0.452 e. The van der Waals surface area contributed by atoms with Gasteiger partial charge < -0.3 is 15.0 Å². The molecular formula is C22H26N6O3. The number of carbonyl (C=O) groups excluding carboxylic acids is 2. The predicted octanol–water partition coefficient (Wildman–Crippen LogP) is 3.03. The van der Waals surface area contributed by atoms with Gasteiger partial charge in [-0.05, 0) is 49.4 Å². The van der Waals surface area contributed by atoms with Crippen LogP contribution in [0.5, 0.6) is 0 Å². The molecule has 0 saturated carbocycles. The summed E-state index contributed by atoms with van der Waals surface area (Å²) in [5.74, 6) is -0.628. The number of rotatable bonds is 6. The number of esters is 1. The molecule has 0 aliphatic carbocycles. The Morgan fingerprint density at radius 3 is 2.55 bits per heavy atom. The van der Waals surface area contributed by atoms with Crippen molar-refractivity contribution in [3.8, 4) is 0 Å². The molecule has 1 saturated heterocycles. The molecule has 0 radical (unpaired) electrons. The largest absolute Gasteiger partial charge is 0.452 e. The van der Waals surface area contributed by atoms with E-state index in [0.29, 0.717) is 17.2 Å². The number of aromatic nitrogens is 4. The van der Waals surface area contributed by atoms with E-state index in [1.807, 2.05) is 38.1 Å². The van der Waals surface area contributed by atoms with Crippen molar-refractivity contribution < 1.29 is 14.3 Å². The maximum absolute atomic E-state index is 12.6. The summed E-state index contributed by atoms with van der Waals surface area (Å²) < 4.78 is 6.76. The molecule has 4 rings (SSSR count). The molecule has 9 nitrogen and oxygen atoms in total. The Kier molecular flexibility index (Phi) is 6.11. The number of amides is 1. The number of hydrogen-bond acceptors (Lipinski definition) is 7. The Balaban J connectivity index is 1.36. The molecule has 1 fully saturated rings. The Hall–Kier alpha value is -3.49. The number of ether oxygens (including phenoxy) is 1. The molecule has 1 amide bonds. The van der Waals surface area contributed by atoms with Gasteiger partial charge in [0.15, 0.2) is 6.61 Å². The first-order valence-electron chi connectivity index (χ1n) is 10.5. The third kappa shape index (κ3) is 4.65. The summed E-state index contributed by atoms with van der Waals surface area (Å²) in [6.07, 6.45) is 6.50. The lowest BCUT2D eigenvalue weighted by atomic mass is 10.1. The molecule has 1 aliphatic rings. The second-order valence-electron chi connectivity index (χ2n) is 7.90. The smallest absolute Gasteiger partial charge is 0.342 e. The number of piperidine rings is 1. The monoisotopic (exact) mass is 422 g/mol. The number of fused-ring (bicyclic) bond motifs is 1. The van der Waals surface area contributed by atoms with Crippen molar-refractivity contribution in [3.63, 3.8) is 0 Å². The molecule has 0 unspecified atom stereocenters. The molecule has 1 aliphatic heterocycles. The number of hydrogen-bond donors (Lipinski definition) is 1. The molecule has 3 aromatic rings. The lowest BCUT2D eigenvalue weighted by molar-refractivity contribution is -0.119. The van der Waals surface area contributed by atoms with E-state index in [1.54, 1.807) is 0 Å². The first kappa shape index (κ1) is 20.8. The SMILES string of the molecule is CC(C)c1c(C(=O)OCC(=O)Nc2ccc(N3CCCCC3)cc2)cnc2ncnn12. The second-order valence-corrected chi connectivity index (χ2v) is 7.90. The molecule has 162 valence electrons. The number of nitrogens with one attached hydrogen (secondary N) is 1. The fraction of sp³-hybridized carbons (Fsp3) is 0.409. The van der Waals surface area contributed by atoms with Crippen LogP contribution in [0.3, 0.4) is 0 Å². The Bertz CT molecular complexity index is 1070. The van der Waals surface area contributed by atoms with E-state index >= 15 is 0 Å². The van der Waals surface area contributed by atoms with E-state index < -0.39 is 11.9 Å². The molecule has 0 spiro atoms. The summed E-state index contributed by atoms with van der Waals surface area (Å²) in [6.45, 7) is 5.62. The number of nitrogens with zero attached hydrogens (tertiary/aromatic N) is 5. The Morgan fingerprint density at radius 2 is 1.84 bits per heavy atom. The molecule has 1 aromatic carbocycles. The standard InChI is InChI=1S/C22H26N6O3/c1-15(2)20-18(12-23-22-24-14-25-28(20)22)21(30)31-13-19(29)26-16-6-8-17(9-7-16)27-10-4-3-5-11-27/h6-9,12,14-15H,3-5,10-11,13H2,1-2H3,(H,26,29). The third-order valence-electron chi connectivity index (χ3n) is 5.32. The molecule has 3 heterocycles. The average Bonchev–Trinajstić information content (AvgIpc) is 3.26. The minimum absolute atomic E-state index is 0.0120. The summed E-state index contributed by atoms with van der Waals surface area (Å²) in [7, 11) is 0. The van der Waals surface area contributed by atoms with E-state index in [0.717, 1.165) is 18.8 Å². The van der Waals surface area contributed by atoms with E-state index in [9.17, 15) is 9.59 Å². The predicted molar refractivity (Wildman–Crippen MR) is 116 cm³/mol. The zero-order valence-electron chi connectivity index (χ0n) is 17.7. The Labute approximate surface area is 180 Å². The fourth-order valence-electron chi connectivity index (χ4n) is 3.82. The highest BCUT2D eigenvalue weighted by molar-refractivity contribution is 5.96. The van der Waals surface area contributed by atoms with Crippen LogP contribution in [-0.2, 0) is 9.53 Å². The normalized spacial score (nSPS) is 14.1. The average molecular weight is 422 g/mol. The van der Waals surface area contributed by atoms with Gasteiger partial charge in [-0.1, -0.05) is 13.8 Å². The molecular weight excluding hydrogens is 396 g/mol.